The number of hydrogen-bond acceptors (Lipinski definition) is 8. The van der Waals surface area contributed by atoms with Crippen LogP contribution in [-0.4, -0.2) is 37.4 Å². The van der Waals surface area contributed by atoms with Crippen LogP contribution >= 0.6 is 0 Å². The molecule has 0 saturated carbocycles. The molecule has 1 N–H and O–H groups in total. The molecule has 9 nitrogen and oxygen atoms in total. The van der Waals surface area contributed by atoms with E-state index in [0.717, 1.165) is 11.3 Å². The van der Waals surface area contributed by atoms with Gasteiger partial charge >= 0.3 is 0 Å². The average molecular weight is 461 g/mol. The molecule has 0 bridgehead atoms. The number of hydrogen-bond donors (Lipinski definition) is 1. The molecule has 34 heavy (non-hydrogen) atoms. The van der Waals surface area contributed by atoms with Crippen LogP contribution in [0.1, 0.15) is 16.2 Å². The number of carbonyl (C=O) groups excluding carboxylic acids is 1. The van der Waals surface area contributed by atoms with E-state index in [4.69, 9.17) is 23.4 Å². The molecule has 0 aliphatic heterocycles. The maximum atomic E-state index is 12.8. The van der Waals surface area contributed by atoms with Gasteiger partial charge in [-0.25, -0.2) is 0 Å². The van der Waals surface area contributed by atoms with Crippen LogP contribution in [-0.2, 0) is 6.61 Å². The van der Waals surface area contributed by atoms with Crippen molar-refractivity contribution in [2.75, 3.05) is 26.6 Å². The van der Waals surface area contributed by atoms with Gasteiger partial charge in [0.25, 0.3) is 11.8 Å². The number of carbonyl (C=O) groups is 1. The summed E-state index contributed by atoms with van der Waals surface area (Å²) in [5, 5.41) is 10.9. The molecule has 1 aromatic heterocycles. The summed E-state index contributed by atoms with van der Waals surface area (Å²) >= 11 is 0. The lowest BCUT2D eigenvalue weighted by molar-refractivity contribution is 0.102. The summed E-state index contributed by atoms with van der Waals surface area (Å²) in [6.45, 7) is 0.0737. The van der Waals surface area contributed by atoms with Crippen molar-refractivity contribution in [3.8, 4) is 34.5 Å². The zero-order valence-electron chi connectivity index (χ0n) is 18.9. The highest BCUT2D eigenvalue weighted by atomic mass is 16.5. The molecule has 0 saturated heterocycles. The maximum Gasteiger partial charge on any atom is 0.259 e. The lowest BCUT2D eigenvalue weighted by Crippen LogP contribution is -2.13. The van der Waals surface area contributed by atoms with Crippen LogP contribution in [0.5, 0.6) is 23.0 Å². The minimum Gasteiger partial charge on any atom is -0.497 e. The first kappa shape index (κ1) is 22.7. The normalized spacial score (nSPS) is 10.4. The molecular weight excluding hydrogens is 438 g/mol. The zero-order chi connectivity index (χ0) is 23.9. The van der Waals surface area contributed by atoms with Crippen molar-refractivity contribution in [1.29, 1.82) is 0 Å². The number of ether oxygens (including phenoxy) is 4. The molecule has 3 aromatic carbocycles. The molecule has 4 rings (SSSR count). The van der Waals surface area contributed by atoms with Gasteiger partial charge in [0.05, 0.1) is 26.9 Å². The van der Waals surface area contributed by atoms with Crippen molar-refractivity contribution in [2.24, 2.45) is 0 Å². The number of nitrogens with zero attached hydrogens (tertiary/aromatic N) is 2. The summed E-state index contributed by atoms with van der Waals surface area (Å²) in [6.07, 6.45) is 0. The molecule has 0 aliphatic carbocycles. The fraction of sp³-hybridized carbons (Fsp3) is 0.160. The van der Waals surface area contributed by atoms with E-state index in [1.165, 1.54) is 14.2 Å². The highest BCUT2D eigenvalue weighted by Gasteiger charge is 2.17. The number of rotatable bonds is 9. The van der Waals surface area contributed by atoms with E-state index < -0.39 is 0 Å². The summed E-state index contributed by atoms with van der Waals surface area (Å²) in [4.78, 5) is 12.8. The van der Waals surface area contributed by atoms with Crippen LogP contribution < -0.4 is 24.3 Å². The Kier molecular flexibility index (Phi) is 6.92. The Hall–Kier alpha value is -4.53. The molecular formula is C25H23N3O6. The first-order chi connectivity index (χ1) is 16.6. The molecule has 0 unspecified atom stereocenters. The molecule has 0 fully saturated rings. The standard InChI is InChI=1S/C25H23N3O6/c1-30-18-12-10-16(11-13-18)25-28-27-22(34-25)15-33-19-7-4-6-17(14-19)26-24(29)20-8-5-9-21(31-2)23(20)32-3/h4-14H,15H2,1-3H3,(H,26,29). The highest BCUT2D eigenvalue weighted by molar-refractivity contribution is 6.06. The number of methoxy groups -OCH3 is 3. The highest BCUT2D eigenvalue weighted by Crippen LogP contribution is 2.31. The van der Waals surface area contributed by atoms with Crippen LogP contribution in [0.15, 0.2) is 71.1 Å². The topological polar surface area (TPSA) is 105 Å². The summed E-state index contributed by atoms with van der Waals surface area (Å²) in [5.74, 6) is 2.47. The largest absolute Gasteiger partial charge is 0.497 e. The molecule has 174 valence electrons. The molecule has 1 amide bonds. The van der Waals surface area contributed by atoms with Gasteiger partial charge in [0.2, 0.25) is 5.89 Å². The lowest BCUT2D eigenvalue weighted by atomic mass is 10.1. The summed E-state index contributed by atoms with van der Waals surface area (Å²) in [6, 6.07) is 19.4. The van der Waals surface area contributed by atoms with Crippen molar-refractivity contribution in [3.63, 3.8) is 0 Å². The van der Waals surface area contributed by atoms with Crippen LogP contribution in [0.2, 0.25) is 0 Å². The molecule has 0 spiro atoms. The minimum absolute atomic E-state index is 0.0737. The molecule has 0 atom stereocenters. The fourth-order valence-corrected chi connectivity index (χ4v) is 3.24. The second kappa shape index (κ2) is 10.4. The van der Waals surface area contributed by atoms with Gasteiger partial charge in [0.15, 0.2) is 18.1 Å². The number of amides is 1. The smallest absolute Gasteiger partial charge is 0.259 e. The van der Waals surface area contributed by atoms with E-state index in [1.807, 2.05) is 24.3 Å². The van der Waals surface area contributed by atoms with E-state index in [0.29, 0.717) is 40.3 Å². The molecule has 9 heteroatoms. The van der Waals surface area contributed by atoms with Crippen molar-refractivity contribution >= 4 is 11.6 Å². The molecule has 1 heterocycles. The number of anilines is 1. The van der Waals surface area contributed by atoms with Gasteiger partial charge in [0.1, 0.15) is 11.5 Å². The Labute approximate surface area is 196 Å². The minimum atomic E-state index is -0.339. The van der Waals surface area contributed by atoms with Gasteiger partial charge in [-0.1, -0.05) is 12.1 Å². The van der Waals surface area contributed by atoms with E-state index in [1.54, 1.807) is 49.6 Å². The summed E-state index contributed by atoms with van der Waals surface area (Å²) in [5.41, 5.74) is 1.68. The predicted octanol–water partition coefficient (Wildman–Crippen LogP) is 4.59. The second-order valence-electron chi connectivity index (χ2n) is 7.04. The van der Waals surface area contributed by atoms with Crippen LogP contribution in [0.25, 0.3) is 11.5 Å². The van der Waals surface area contributed by atoms with Gasteiger partial charge in [-0.3, -0.25) is 4.79 Å². The molecule has 4 aromatic rings. The number of nitrogens with one attached hydrogen (secondary N) is 1. The van der Waals surface area contributed by atoms with Gasteiger partial charge < -0.3 is 28.7 Å². The van der Waals surface area contributed by atoms with E-state index in [9.17, 15) is 4.79 Å². The first-order valence-corrected chi connectivity index (χ1v) is 10.3. The predicted molar refractivity (Wildman–Crippen MR) is 125 cm³/mol. The second-order valence-corrected chi connectivity index (χ2v) is 7.04. The SMILES string of the molecule is COc1ccc(-c2nnc(COc3cccc(NC(=O)c4cccc(OC)c4OC)c3)o2)cc1. The number of aromatic nitrogens is 2. The zero-order valence-corrected chi connectivity index (χ0v) is 18.9. The number of para-hydroxylation sites is 1. The fourth-order valence-electron chi connectivity index (χ4n) is 3.24. The van der Waals surface area contributed by atoms with Gasteiger partial charge in [-0.2, -0.15) is 0 Å². The maximum absolute atomic E-state index is 12.8. The van der Waals surface area contributed by atoms with Gasteiger partial charge in [0, 0.05) is 17.3 Å². The van der Waals surface area contributed by atoms with Crippen molar-refractivity contribution in [1.82, 2.24) is 10.2 Å². The molecule has 0 aliphatic rings. The van der Waals surface area contributed by atoms with Crippen molar-refractivity contribution in [3.05, 3.63) is 78.2 Å². The van der Waals surface area contributed by atoms with Gasteiger partial charge in [-0.05, 0) is 48.5 Å². The quantitative estimate of drug-likeness (QED) is 0.386. The average Bonchev–Trinajstić information content (AvgIpc) is 3.36. The van der Waals surface area contributed by atoms with E-state index in [-0.39, 0.29) is 12.5 Å². The third-order valence-corrected chi connectivity index (χ3v) is 4.91. The van der Waals surface area contributed by atoms with Crippen molar-refractivity contribution in [2.45, 2.75) is 6.61 Å². The summed E-state index contributed by atoms with van der Waals surface area (Å²) < 4.78 is 27.2. The van der Waals surface area contributed by atoms with Gasteiger partial charge in [-0.15, -0.1) is 10.2 Å². The first-order valence-electron chi connectivity index (χ1n) is 10.3. The van der Waals surface area contributed by atoms with Crippen molar-refractivity contribution < 1.29 is 28.2 Å². The monoisotopic (exact) mass is 461 g/mol. The third kappa shape index (κ3) is 5.09. The lowest BCUT2D eigenvalue weighted by Gasteiger charge is -2.13. The molecule has 0 radical (unpaired) electrons. The van der Waals surface area contributed by atoms with Crippen LogP contribution in [0.4, 0.5) is 5.69 Å². The van der Waals surface area contributed by atoms with Crippen LogP contribution in [0, 0.1) is 0 Å². The third-order valence-electron chi connectivity index (χ3n) is 4.91. The summed E-state index contributed by atoms with van der Waals surface area (Å²) in [7, 11) is 4.61. The Balaban J connectivity index is 1.41. The number of benzene rings is 3. The Morgan fingerprint density at radius 3 is 2.41 bits per heavy atom. The van der Waals surface area contributed by atoms with E-state index in [2.05, 4.69) is 15.5 Å². The van der Waals surface area contributed by atoms with Crippen LogP contribution in [0.3, 0.4) is 0 Å². The Morgan fingerprint density at radius 2 is 1.68 bits per heavy atom. The Bertz CT molecular complexity index is 1270. The van der Waals surface area contributed by atoms with E-state index >= 15 is 0 Å². The Morgan fingerprint density at radius 1 is 0.882 bits per heavy atom.